The van der Waals surface area contributed by atoms with Crippen LogP contribution in [0.5, 0.6) is 5.75 Å². The molecule has 0 aliphatic carbocycles. The van der Waals surface area contributed by atoms with Gasteiger partial charge in [0, 0.05) is 17.1 Å². The second-order valence-electron chi connectivity index (χ2n) is 4.92. The number of piperidine rings is 1. The molecule has 0 saturated carbocycles. The number of hydrogen-bond acceptors (Lipinski definition) is 4. The summed E-state index contributed by atoms with van der Waals surface area (Å²) in [5, 5.41) is 3.19. The third-order valence-corrected chi connectivity index (χ3v) is 5.75. The van der Waals surface area contributed by atoms with Gasteiger partial charge in [-0.05, 0) is 44.0 Å². The number of sulfonamides is 1. The van der Waals surface area contributed by atoms with Crippen molar-refractivity contribution < 1.29 is 13.2 Å². The Balaban J connectivity index is 2.30. The zero-order valence-corrected chi connectivity index (χ0v) is 14.0. The van der Waals surface area contributed by atoms with E-state index in [9.17, 15) is 8.42 Å². The number of nitrogens with one attached hydrogen (secondary N) is 2. The Hall–Kier alpha value is -0.630. The molecular formula is C13H19BrN2O3S. The summed E-state index contributed by atoms with van der Waals surface area (Å²) in [6, 6.07) is 3.24. The van der Waals surface area contributed by atoms with Crippen LogP contribution in [0.2, 0.25) is 0 Å². The molecule has 1 atom stereocenters. The number of methoxy groups -OCH3 is 1. The normalized spacial score (nSPS) is 19.9. The molecule has 1 fully saturated rings. The van der Waals surface area contributed by atoms with E-state index in [0.717, 1.165) is 29.4 Å². The standard InChI is InChI=1S/C13H19BrN2O3S/c1-9-6-12(19-2)13(7-11(9)14)20(17,18)16-10-4-3-5-15-8-10/h6-7,10,15-16H,3-5,8H2,1-2H3/t10-/m1/s1. The van der Waals surface area contributed by atoms with Crippen LogP contribution in [0.25, 0.3) is 0 Å². The molecule has 1 aromatic rings. The topological polar surface area (TPSA) is 67.4 Å². The second-order valence-corrected chi connectivity index (χ2v) is 7.45. The van der Waals surface area contributed by atoms with Crippen molar-refractivity contribution in [2.75, 3.05) is 20.2 Å². The lowest BCUT2D eigenvalue weighted by Gasteiger charge is -2.24. The van der Waals surface area contributed by atoms with Gasteiger partial charge in [0.25, 0.3) is 0 Å². The van der Waals surface area contributed by atoms with Gasteiger partial charge in [-0.25, -0.2) is 13.1 Å². The van der Waals surface area contributed by atoms with E-state index >= 15 is 0 Å². The van der Waals surface area contributed by atoms with E-state index in [1.54, 1.807) is 12.1 Å². The highest BCUT2D eigenvalue weighted by Crippen LogP contribution is 2.30. The first kappa shape index (κ1) is 15.8. The van der Waals surface area contributed by atoms with Gasteiger partial charge in [-0.3, -0.25) is 0 Å². The predicted molar refractivity (Wildman–Crippen MR) is 81.6 cm³/mol. The molecule has 112 valence electrons. The number of rotatable bonds is 4. The van der Waals surface area contributed by atoms with Gasteiger partial charge in [0.05, 0.1) is 7.11 Å². The first-order valence-electron chi connectivity index (χ1n) is 6.51. The minimum atomic E-state index is -3.59. The van der Waals surface area contributed by atoms with Gasteiger partial charge in [-0.15, -0.1) is 0 Å². The van der Waals surface area contributed by atoms with Crippen molar-refractivity contribution in [2.45, 2.75) is 30.7 Å². The van der Waals surface area contributed by atoms with Gasteiger partial charge in [0.2, 0.25) is 10.0 Å². The predicted octanol–water partition coefficient (Wildman–Crippen LogP) is 1.80. The lowest BCUT2D eigenvalue weighted by atomic mass is 10.1. The van der Waals surface area contributed by atoms with E-state index < -0.39 is 10.0 Å². The summed E-state index contributed by atoms with van der Waals surface area (Å²) < 4.78 is 33.7. The number of halogens is 1. The first-order chi connectivity index (χ1) is 9.44. The molecule has 0 unspecified atom stereocenters. The Kier molecular flexibility index (Phi) is 5.06. The minimum absolute atomic E-state index is 0.0708. The Morgan fingerprint density at radius 3 is 2.80 bits per heavy atom. The van der Waals surface area contributed by atoms with E-state index in [1.807, 2.05) is 6.92 Å². The van der Waals surface area contributed by atoms with Crippen molar-refractivity contribution in [1.29, 1.82) is 0 Å². The molecule has 2 N–H and O–H groups in total. The summed E-state index contributed by atoms with van der Waals surface area (Å²) in [6.07, 6.45) is 1.82. The van der Waals surface area contributed by atoms with Crippen LogP contribution in [0, 0.1) is 6.92 Å². The van der Waals surface area contributed by atoms with Crippen LogP contribution in [-0.4, -0.2) is 34.7 Å². The quantitative estimate of drug-likeness (QED) is 0.856. The molecule has 1 aliphatic heterocycles. The van der Waals surface area contributed by atoms with Gasteiger partial charge in [0.1, 0.15) is 10.6 Å². The van der Waals surface area contributed by atoms with E-state index in [-0.39, 0.29) is 10.9 Å². The van der Waals surface area contributed by atoms with Crippen molar-refractivity contribution >= 4 is 26.0 Å². The Morgan fingerprint density at radius 2 is 2.20 bits per heavy atom. The monoisotopic (exact) mass is 362 g/mol. The third-order valence-electron chi connectivity index (χ3n) is 3.35. The summed E-state index contributed by atoms with van der Waals surface area (Å²) in [5.41, 5.74) is 0.931. The SMILES string of the molecule is COc1cc(C)c(Br)cc1S(=O)(=O)N[C@@H]1CCCNC1. The smallest absolute Gasteiger partial charge is 0.244 e. The fourth-order valence-electron chi connectivity index (χ4n) is 2.24. The maximum absolute atomic E-state index is 12.5. The number of ether oxygens (including phenoxy) is 1. The van der Waals surface area contributed by atoms with Crippen LogP contribution in [0.3, 0.4) is 0 Å². The average Bonchev–Trinajstić information content (AvgIpc) is 2.42. The fourth-order valence-corrected chi connectivity index (χ4v) is 4.18. The van der Waals surface area contributed by atoms with E-state index in [0.29, 0.717) is 12.3 Å². The van der Waals surface area contributed by atoms with Crippen molar-refractivity contribution in [1.82, 2.24) is 10.0 Å². The van der Waals surface area contributed by atoms with Gasteiger partial charge in [-0.2, -0.15) is 0 Å². The molecule has 1 aromatic carbocycles. The molecule has 0 bridgehead atoms. The van der Waals surface area contributed by atoms with Crippen LogP contribution in [0.4, 0.5) is 0 Å². The number of aryl methyl sites for hydroxylation is 1. The fraction of sp³-hybridized carbons (Fsp3) is 0.538. The Labute approximate surface area is 128 Å². The maximum Gasteiger partial charge on any atom is 0.244 e. The Morgan fingerprint density at radius 1 is 1.45 bits per heavy atom. The highest BCUT2D eigenvalue weighted by Gasteiger charge is 2.25. The summed E-state index contributed by atoms with van der Waals surface area (Å²) in [6.45, 7) is 3.49. The van der Waals surface area contributed by atoms with E-state index in [1.165, 1.54) is 7.11 Å². The van der Waals surface area contributed by atoms with Crippen molar-refractivity contribution in [3.05, 3.63) is 22.2 Å². The van der Waals surface area contributed by atoms with E-state index in [2.05, 4.69) is 26.0 Å². The zero-order valence-electron chi connectivity index (χ0n) is 11.6. The van der Waals surface area contributed by atoms with Crippen molar-refractivity contribution in [3.63, 3.8) is 0 Å². The summed E-state index contributed by atoms with van der Waals surface area (Å²) in [7, 11) is -2.11. The summed E-state index contributed by atoms with van der Waals surface area (Å²) in [4.78, 5) is 0.169. The van der Waals surface area contributed by atoms with Crippen molar-refractivity contribution in [2.24, 2.45) is 0 Å². The second kappa shape index (κ2) is 6.43. The van der Waals surface area contributed by atoms with Gasteiger partial charge < -0.3 is 10.1 Å². The lowest BCUT2D eigenvalue weighted by Crippen LogP contribution is -2.45. The van der Waals surface area contributed by atoms with Crippen LogP contribution >= 0.6 is 15.9 Å². The highest BCUT2D eigenvalue weighted by molar-refractivity contribution is 9.10. The molecule has 0 aromatic heterocycles. The van der Waals surface area contributed by atoms with E-state index in [4.69, 9.17) is 4.74 Å². The van der Waals surface area contributed by atoms with Crippen molar-refractivity contribution in [3.8, 4) is 5.75 Å². The maximum atomic E-state index is 12.5. The van der Waals surface area contributed by atoms with Gasteiger partial charge in [-0.1, -0.05) is 15.9 Å². The number of benzene rings is 1. The lowest BCUT2D eigenvalue weighted by molar-refractivity contribution is 0.399. The summed E-state index contributed by atoms with van der Waals surface area (Å²) in [5.74, 6) is 0.363. The summed E-state index contributed by atoms with van der Waals surface area (Å²) >= 11 is 3.37. The largest absolute Gasteiger partial charge is 0.495 e. The molecule has 0 radical (unpaired) electrons. The molecule has 1 heterocycles. The van der Waals surface area contributed by atoms with Crippen LogP contribution in [0.15, 0.2) is 21.5 Å². The van der Waals surface area contributed by atoms with Crippen LogP contribution in [-0.2, 0) is 10.0 Å². The third kappa shape index (κ3) is 3.52. The highest BCUT2D eigenvalue weighted by atomic mass is 79.9. The molecule has 0 spiro atoms. The average molecular weight is 363 g/mol. The molecule has 1 aliphatic rings. The zero-order chi connectivity index (χ0) is 14.8. The van der Waals surface area contributed by atoms with Gasteiger partial charge in [0.15, 0.2) is 0 Å². The van der Waals surface area contributed by atoms with Gasteiger partial charge >= 0.3 is 0 Å². The van der Waals surface area contributed by atoms with Crippen LogP contribution < -0.4 is 14.8 Å². The molecule has 1 saturated heterocycles. The molecule has 20 heavy (non-hydrogen) atoms. The first-order valence-corrected chi connectivity index (χ1v) is 8.79. The molecule has 5 nitrogen and oxygen atoms in total. The van der Waals surface area contributed by atoms with Crippen LogP contribution in [0.1, 0.15) is 18.4 Å². The minimum Gasteiger partial charge on any atom is -0.495 e. The molecular weight excluding hydrogens is 344 g/mol. The molecule has 2 rings (SSSR count). The Bertz CT molecular complexity index is 584. The molecule has 0 amide bonds. The molecule has 7 heteroatoms. The number of hydrogen-bond donors (Lipinski definition) is 2.